The van der Waals surface area contributed by atoms with Gasteiger partial charge in [0.05, 0.1) is 0 Å². The van der Waals surface area contributed by atoms with Gasteiger partial charge in [-0.2, -0.15) is 0 Å². The molecule has 0 saturated carbocycles. The SMILES string of the molecule is CCc1ccc2c(c1)[cH-]c1c(C3=CC=CC3)c(CC)ccc12.[Cl-].[Cl-].[Zr+2]=[C](c1ccccc1)c1ccccc1. The van der Waals surface area contributed by atoms with Crippen LogP contribution in [0.15, 0.2) is 115 Å². The molecular formula is C35H31Cl2Zr-. The second-order valence-corrected chi connectivity index (χ2v) is 10.5. The van der Waals surface area contributed by atoms with Gasteiger partial charge in [0, 0.05) is 0 Å². The van der Waals surface area contributed by atoms with E-state index >= 15 is 0 Å². The normalized spacial score (nSPS) is 11.8. The van der Waals surface area contributed by atoms with E-state index in [0.717, 1.165) is 19.3 Å². The van der Waals surface area contributed by atoms with Gasteiger partial charge >= 0.3 is 99.2 Å². The summed E-state index contributed by atoms with van der Waals surface area (Å²) in [7, 11) is 0. The predicted molar refractivity (Wildman–Crippen MR) is 154 cm³/mol. The van der Waals surface area contributed by atoms with E-state index in [1.54, 1.807) is 0 Å². The molecular weight excluding hydrogens is 583 g/mol. The monoisotopic (exact) mass is 611 g/mol. The molecule has 5 aromatic carbocycles. The number of hydrogen-bond donors (Lipinski definition) is 0. The molecule has 0 radical (unpaired) electrons. The number of aryl methyl sites for hydroxylation is 2. The van der Waals surface area contributed by atoms with Crippen molar-refractivity contribution in [3.05, 3.63) is 143 Å². The number of fused-ring (bicyclic) bond motifs is 3. The van der Waals surface area contributed by atoms with E-state index in [1.807, 2.05) is 0 Å². The van der Waals surface area contributed by atoms with Crippen LogP contribution in [0.3, 0.4) is 0 Å². The molecule has 0 amide bonds. The van der Waals surface area contributed by atoms with E-state index in [0.29, 0.717) is 0 Å². The number of halogens is 2. The zero-order valence-corrected chi connectivity index (χ0v) is 25.8. The van der Waals surface area contributed by atoms with Gasteiger partial charge in [0.2, 0.25) is 0 Å². The Balaban J connectivity index is 0.000000219. The van der Waals surface area contributed by atoms with Gasteiger partial charge in [-0.05, 0) is 19.3 Å². The fourth-order valence-electron chi connectivity index (χ4n) is 5.08. The van der Waals surface area contributed by atoms with Crippen molar-refractivity contribution < 1.29 is 49.0 Å². The van der Waals surface area contributed by atoms with Crippen LogP contribution in [-0.2, 0) is 37.1 Å². The van der Waals surface area contributed by atoms with Crippen LogP contribution >= 0.6 is 0 Å². The minimum atomic E-state index is 0. The molecule has 1 aliphatic carbocycles. The molecule has 5 aromatic rings. The first-order valence-corrected chi connectivity index (χ1v) is 14.1. The number of hydrogen-bond acceptors (Lipinski definition) is 0. The van der Waals surface area contributed by atoms with E-state index < -0.39 is 0 Å². The van der Waals surface area contributed by atoms with Crippen LogP contribution in [0.4, 0.5) is 0 Å². The zero-order valence-electron chi connectivity index (χ0n) is 21.8. The molecule has 3 heteroatoms. The Kier molecular flexibility index (Phi) is 11.2. The zero-order chi connectivity index (χ0) is 24.9. The van der Waals surface area contributed by atoms with Crippen molar-refractivity contribution in [1.82, 2.24) is 0 Å². The Morgan fingerprint density at radius 3 is 1.95 bits per heavy atom. The van der Waals surface area contributed by atoms with Crippen molar-refractivity contribution in [2.24, 2.45) is 0 Å². The molecule has 38 heavy (non-hydrogen) atoms. The van der Waals surface area contributed by atoms with Gasteiger partial charge in [0.15, 0.2) is 0 Å². The van der Waals surface area contributed by atoms with E-state index in [1.165, 1.54) is 82.4 Å². The standard InChI is InChI=1S/C22H21.C13H10.2ClH.Zr/c1-3-15-9-11-19-18(13-15)14-21-20(19)12-10-16(4-2)22(21)17-7-5-6-8-17;1-3-7-12(8-4-1)11-13-9-5-2-6-10-13;;;/h5-7,9-14H,3-4,8H2,1-2H3;1-10H;2*1H;/q-1;;;;+2/p-2. The van der Waals surface area contributed by atoms with Crippen molar-refractivity contribution in [2.75, 3.05) is 0 Å². The molecule has 0 atom stereocenters. The summed E-state index contributed by atoms with van der Waals surface area (Å²) < 4.78 is 1.42. The maximum absolute atomic E-state index is 2.40. The number of benzene rings is 4. The molecule has 6 rings (SSSR count). The van der Waals surface area contributed by atoms with Gasteiger partial charge in [-0.3, -0.25) is 0 Å². The molecule has 0 heterocycles. The summed E-state index contributed by atoms with van der Waals surface area (Å²) in [6.45, 7) is 4.48. The molecule has 0 spiro atoms. The Labute approximate surface area is 254 Å². The summed E-state index contributed by atoms with van der Waals surface area (Å²) in [4.78, 5) is 0. The first-order valence-electron chi connectivity index (χ1n) is 12.9. The summed E-state index contributed by atoms with van der Waals surface area (Å²) >= 11 is 1.46. The van der Waals surface area contributed by atoms with E-state index in [-0.39, 0.29) is 24.8 Å². The Hall–Kier alpha value is -2.44. The Morgan fingerprint density at radius 2 is 1.39 bits per heavy atom. The van der Waals surface area contributed by atoms with Gasteiger partial charge in [0.1, 0.15) is 0 Å². The van der Waals surface area contributed by atoms with Gasteiger partial charge in [0.25, 0.3) is 0 Å². The van der Waals surface area contributed by atoms with Gasteiger partial charge in [-0.1, -0.05) is 78.6 Å². The van der Waals surface area contributed by atoms with Crippen LogP contribution in [-0.4, -0.2) is 3.21 Å². The van der Waals surface area contributed by atoms with E-state index in [4.69, 9.17) is 0 Å². The van der Waals surface area contributed by atoms with Gasteiger partial charge in [-0.15, -0.1) is 33.7 Å². The van der Waals surface area contributed by atoms with Crippen molar-refractivity contribution in [2.45, 2.75) is 33.1 Å². The second kappa shape index (κ2) is 14.1. The van der Waals surface area contributed by atoms with Crippen LogP contribution in [0.2, 0.25) is 0 Å². The van der Waals surface area contributed by atoms with Gasteiger partial charge < -0.3 is 24.8 Å². The van der Waals surface area contributed by atoms with Crippen LogP contribution in [0.5, 0.6) is 0 Å². The van der Waals surface area contributed by atoms with Crippen molar-refractivity contribution in [3.8, 4) is 0 Å². The molecule has 190 valence electrons. The molecule has 0 aliphatic heterocycles. The second-order valence-electron chi connectivity index (χ2n) is 9.27. The fraction of sp³-hybridized carbons (Fsp3) is 0.143. The van der Waals surface area contributed by atoms with Crippen molar-refractivity contribution in [3.63, 3.8) is 0 Å². The van der Waals surface area contributed by atoms with Crippen molar-refractivity contribution >= 4 is 30.3 Å². The summed E-state index contributed by atoms with van der Waals surface area (Å²) in [5, 5.41) is 5.60. The average Bonchev–Trinajstić information content (AvgIpc) is 3.61. The van der Waals surface area contributed by atoms with E-state index in [9.17, 15) is 0 Å². The quantitative estimate of drug-likeness (QED) is 0.268. The molecule has 0 unspecified atom stereocenters. The molecule has 1 aliphatic rings. The van der Waals surface area contributed by atoms with Crippen LogP contribution in [0.25, 0.3) is 27.1 Å². The fourth-order valence-corrected chi connectivity index (χ4v) is 5.90. The first kappa shape index (κ1) is 30.1. The average molecular weight is 614 g/mol. The molecule has 0 N–H and O–H groups in total. The molecule has 0 bridgehead atoms. The number of rotatable bonds is 5. The van der Waals surface area contributed by atoms with Gasteiger partial charge in [-0.25, -0.2) is 0 Å². The first-order chi connectivity index (χ1) is 17.7. The van der Waals surface area contributed by atoms with E-state index in [2.05, 4.69) is 129 Å². The summed E-state index contributed by atoms with van der Waals surface area (Å²) in [5.41, 5.74) is 8.48. The van der Waals surface area contributed by atoms with Crippen molar-refractivity contribution in [1.29, 1.82) is 0 Å². The third-order valence-electron chi connectivity index (χ3n) is 7.04. The third-order valence-corrected chi connectivity index (χ3v) is 8.46. The van der Waals surface area contributed by atoms with Crippen LogP contribution in [0.1, 0.15) is 48.1 Å². The van der Waals surface area contributed by atoms with Crippen LogP contribution < -0.4 is 24.8 Å². The summed E-state index contributed by atoms with van der Waals surface area (Å²) in [6, 6.07) is 35.1. The molecule has 0 nitrogen and oxygen atoms in total. The topological polar surface area (TPSA) is 0 Å². The summed E-state index contributed by atoms with van der Waals surface area (Å²) in [5.74, 6) is 0. The maximum atomic E-state index is 2.40. The van der Waals surface area contributed by atoms with Crippen LogP contribution in [0, 0.1) is 0 Å². The number of allylic oxidation sites excluding steroid dienone is 4. The molecule has 0 saturated heterocycles. The summed E-state index contributed by atoms with van der Waals surface area (Å²) in [6.07, 6.45) is 9.97. The minimum absolute atomic E-state index is 0. The predicted octanol–water partition coefficient (Wildman–Crippen LogP) is 2.99. The molecule has 0 fully saturated rings. The Bertz CT molecular complexity index is 1530. The molecule has 0 aromatic heterocycles. The Morgan fingerprint density at radius 1 is 0.763 bits per heavy atom. The third kappa shape index (κ3) is 6.40.